The van der Waals surface area contributed by atoms with Crippen molar-refractivity contribution in [1.29, 1.82) is 0 Å². The van der Waals surface area contributed by atoms with Crippen LogP contribution in [0.1, 0.15) is 48.0 Å². The molecule has 0 saturated carbocycles. The molecule has 4 heteroatoms. The maximum absolute atomic E-state index is 5.71. The highest BCUT2D eigenvalue weighted by Gasteiger charge is 2.06. The van der Waals surface area contributed by atoms with Crippen molar-refractivity contribution in [2.24, 2.45) is 11.8 Å². The van der Waals surface area contributed by atoms with Crippen molar-refractivity contribution < 1.29 is 18.9 Å². The molecule has 0 spiro atoms. The Balaban J connectivity index is 3.35. The van der Waals surface area contributed by atoms with Crippen molar-refractivity contribution in [3.63, 3.8) is 0 Å². The molecule has 0 N–H and O–H groups in total. The van der Waals surface area contributed by atoms with Gasteiger partial charge in [-0.15, -0.1) is 0 Å². The van der Waals surface area contributed by atoms with Gasteiger partial charge < -0.3 is 18.9 Å². The summed E-state index contributed by atoms with van der Waals surface area (Å²) in [5, 5.41) is 0. The minimum absolute atomic E-state index is 0.144. The van der Waals surface area contributed by atoms with Gasteiger partial charge in [-0.25, -0.2) is 0 Å². The normalized spacial score (nSPS) is 16.1. The predicted octanol–water partition coefficient (Wildman–Crippen LogP) is 3.53. The lowest BCUT2D eigenvalue weighted by atomic mass is 10.1. The summed E-state index contributed by atoms with van der Waals surface area (Å²) >= 11 is 0. The Kier molecular flexibility index (Phi) is 13.4. The molecule has 0 aromatic carbocycles. The molecule has 0 saturated heterocycles. The fourth-order valence-corrected chi connectivity index (χ4v) is 1.52. The monoisotopic (exact) mass is 304 g/mol. The Morgan fingerprint density at radius 2 is 1.14 bits per heavy atom. The molecule has 3 atom stereocenters. The van der Waals surface area contributed by atoms with E-state index in [2.05, 4.69) is 27.7 Å². The van der Waals surface area contributed by atoms with Crippen LogP contribution in [-0.2, 0) is 18.9 Å². The second-order valence-corrected chi connectivity index (χ2v) is 6.34. The van der Waals surface area contributed by atoms with Crippen LogP contribution < -0.4 is 0 Å². The van der Waals surface area contributed by atoms with Crippen molar-refractivity contribution in [1.82, 2.24) is 0 Å². The Labute approximate surface area is 131 Å². The van der Waals surface area contributed by atoms with Crippen LogP contribution >= 0.6 is 0 Å². The summed E-state index contributed by atoms with van der Waals surface area (Å²) in [6.45, 7) is 16.8. The molecule has 0 heterocycles. The van der Waals surface area contributed by atoms with E-state index in [9.17, 15) is 0 Å². The Bertz CT molecular complexity index is 221. The predicted molar refractivity (Wildman–Crippen MR) is 86.8 cm³/mol. The third-order valence-electron chi connectivity index (χ3n) is 3.15. The van der Waals surface area contributed by atoms with Crippen molar-refractivity contribution >= 4 is 0 Å². The second-order valence-electron chi connectivity index (χ2n) is 6.34. The van der Waals surface area contributed by atoms with Gasteiger partial charge in [0.15, 0.2) is 0 Å². The summed E-state index contributed by atoms with van der Waals surface area (Å²) in [4.78, 5) is 0. The van der Waals surface area contributed by atoms with Gasteiger partial charge in [0.1, 0.15) is 0 Å². The van der Waals surface area contributed by atoms with E-state index in [0.29, 0.717) is 38.3 Å². The van der Waals surface area contributed by atoms with Crippen LogP contribution in [0.25, 0.3) is 0 Å². The molecule has 128 valence electrons. The molecule has 0 bridgehead atoms. The first-order valence-corrected chi connectivity index (χ1v) is 8.34. The largest absolute Gasteiger partial charge is 0.376 e. The Morgan fingerprint density at radius 1 is 0.667 bits per heavy atom. The van der Waals surface area contributed by atoms with E-state index in [1.54, 1.807) is 0 Å². The van der Waals surface area contributed by atoms with Crippen LogP contribution in [0.4, 0.5) is 0 Å². The highest BCUT2D eigenvalue weighted by molar-refractivity contribution is 4.52. The van der Waals surface area contributed by atoms with Gasteiger partial charge in [-0.3, -0.25) is 0 Å². The zero-order valence-electron chi connectivity index (χ0n) is 14.9. The van der Waals surface area contributed by atoms with Gasteiger partial charge in [0.05, 0.1) is 38.6 Å². The minimum atomic E-state index is 0.144. The van der Waals surface area contributed by atoms with Gasteiger partial charge in [0, 0.05) is 13.2 Å². The number of hydrogen-bond acceptors (Lipinski definition) is 4. The van der Waals surface area contributed by atoms with Crippen LogP contribution in [0.3, 0.4) is 0 Å². The highest BCUT2D eigenvalue weighted by Crippen LogP contribution is 2.03. The maximum Gasteiger partial charge on any atom is 0.0780 e. The molecule has 4 nitrogen and oxygen atoms in total. The van der Waals surface area contributed by atoms with Gasteiger partial charge in [-0.05, 0) is 25.7 Å². The molecule has 21 heavy (non-hydrogen) atoms. The summed E-state index contributed by atoms with van der Waals surface area (Å²) in [6.07, 6.45) is 1.44. The zero-order valence-corrected chi connectivity index (χ0v) is 14.9. The Hall–Kier alpha value is -0.160. The fourth-order valence-electron chi connectivity index (χ4n) is 1.52. The fraction of sp³-hybridized carbons (Fsp3) is 1.00. The van der Waals surface area contributed by atoms with Crippen LogP contribution in [0.15, 0.2) is 0 Å². The smallest absolute Gasteiger partial charge is 0.0780 e. The molecule has 3 unspecified atom stereocenters. The van der Waals surface area contributed by atoms with Gasteiger partial charge in [-0.1, -0.05) is 34.1 Å². The van der Waals surface area contributed by atoms with Crippen LogP contribution in [0.5, 0.6) is 0 Å². The molecule has 0 aromatic rings. The third-order valence-corrected chi connectivity index (χ3v) is 3.15. The SMILES string of the molecule is CCC(C)COC(C)COCCOCC(C)OCC(C)C. The summed E-state index contributed by atoms with van der Waals surface area (Å²) in [7, 11) is 0. The molecule has 0 rings (SSSR count). The molecular weight excluding hydrogens is 268 g/mol. The lowest BCUT2D eigenvalue weighted by Crippen LogP contribution is -2.22. The van der Waals surface area contributed by atoms with Gasteiger partial charge >= 0.3 is 0 Å². The van der Waals surface area contributed by atoms with Gasteiger partial charge in [0.25, 0.3) is 0 Å². The lowest BCUT2D eigenvalue weighted by Gasteiger charge is -2.17. The van der Waals surface area contributed by atoms with E-state index >= 15 is 0 Å². The van der Waals surface area contributed by atoms with E-state index in [-0.39, 0.29) is 12.2 Å². The van der Waals surface area contributed by atoms with E-state index < -0.39 is 0 Å². The summed E-state index contributed by atoms with van der Waals surface area (Å²) < 4.78 is 22.4. The van der Waals surface area contributed by atoms with Crippen LogP contribution in [0.2, 0.25) is 0 Å². The quantitative estimate of drug-likeness (QED) is 0.460. The van der Waals surface area contributed by atoms with Crippen molar-refractivity contribution in [3.05, 3.63) is 0 Å². The first-order chi connectivity index (χ1) is 9.95. The molecule has 0 aliphatic carbocycles. The van der Waals surface area contributed by atoms with Gasteiger partial charge in [0.2, 0.25) is 0 Å². The summed E-state index contributed by atoms with van der Waals surface area (Å²) in [5.74, 6) is 1.18. The van der Waals surface area contributed by atoms with Crippen LogP contribution in [-0.4, -0.2) is 51.8 Å². The maximum atomic E-state index is 5.71. The van der Waals surface area contributed by atoms with E-state index in [0.717, 1.165) is 19.6 Å². The van der Waals surface area contributed by atoms with Crippen molar-refractivity contribution in [2.45, 2.75) is 60.2 Å². The van der Waals surface area contributed by atoms with E-state index in [4.69, 9.17) is 18.9 Å². The first-order valence-electron chi connectivity index (χ1n) is 8.34. The zero-order chi connectivity index (χ0) is 16.1. The Morgan fingerprint density at radius 3 is 1.57 bits per heavy atom. The first kappa shape index (κ1) is 20.8. The van der Waals surface area contributed by atoms with Crippen molar-refractivity contribution in [3.8, 4) is 0 Å². The lowest BCUT2D eigenvalue weighted by molar-refractivity contribution is -0.0499. The standard InChI is InChI=1S/C17H36O4/c1-7-15(4)11-21-17(6)13-19-9-8-18-12-16(5)20-10-14(2)3/h14-17H,7-13H2,1-6H3. The second kappa shape index (κ2) is 13.5. The number of rotatable bonds is 14. The number of hydrogen-bond donors (Lipinski definition) is 0. The van der Waals surface area contributed by atoms with E-state index in [1.807, 2.05) is 13.8 Å². The average molecular weight is 304 g/mol. The molecule has 0 radical (unpaired) electrons. The average Bonchev–Trinajstić information content (AvgIpc) is 2.45. The summed E-state index contributed by atoms with van der Waals surface area (Å²) in [6, 6.07) is 0. The molecule has 0 amide bonds. The minimum Gasteiger partial charge on any atom is -0.376 e. The molecular formula is C17H36O4. The van der Waals surface area contributed by atoms with E-state index in [1.165, 1.54) is 0 Å². The highest BCUT2D eigenvalue weighted by atomic mass is 16.6. The van der Waals surface area contributed by atoms with Crippen molar-refractivity contribution in [2.75, 3.05) is 39.6 Å². The third kappa shape index (κ3) is 14.5. The molecule has 0 aliphatic rings. The topological polar surface area (TPSA) is 36.9 Å². The summed E-state index contributed by atoms with van der Waals surface area (Å²) in [5.41, 5.74) is 0. The molecule has 0 aliphatic heterocycles. The van der Waals surface area contributed by atoms with Gasteiger partial charge in [-0.2, -0.15) is 0 Å². The van der Waals surface area contributed by atoms with Crippen LogP contribution in [0, 0.1) is 11.8 Å². The molecule has 0 fully saturated rings. The molecule has 0 aromatic heterocycles. The number of ether oxygens (including phenoxy) is 4.